The fraction of sp³-hybridized carbons (Fsp3) is 0.524. The molecule has 3 heterocycles. The van der Waals surface area contributed by atoms with E-state index in [1.807, 2.05) is 4.90 Å². The number of hydrogen-bond acceptors (Lipinski definition) is 6. The molecule has 1 atom stereocenters. The monoisotopic (exact) mass is 414 g/mol. The third-order valence-corrected chi connectivity index (χ3v) is 6.50. The first-order valence-electron chi connectivity index (χ1n) is 10.2. The minimum Gasteiger partial charge on any atom is -0.481 e. The van der Waals surface area contributed by atoms with E-state index in [0.717, 1.165) is 49.4 Å². The van der Waals surface area contributed by atoms with Gasteiger partial charge in [0.15, 0.2) is 0 Å². The Kier molecular flexibility index (Phi) is 6.08. The van der Waals surface area contributed by atoms with Gasteiger partial charge in [0.1, 0.15) is 0 Å². The molecule has 2 aliphatic rings. The van der Waals surface area contributed by atoms with Gasteiger partial charge in [-0.05, 0) is 31.7 Å². The second-order valence-electron chi connectivity index (χ2n) is 7.67. The Morgan fingerprint density at radius 1 is 1.31 bits per heavy atom. The van der Waals surface area contributed by atoms with Gasteiger partial charge < -0.3 is 15.0 Å². The van der Waals surface area contributed by atoms with Gasteiger partial charge in [0, 0.05) is 55.5 Å². The summed E-state index contributed by atoms with van der Waals surface area (Å²) in [5.41, 5.74) is 1.60. The second-order valence-corrected chi connectivity index (χ2v) is 8.56. The molecule has 2 fully saturated rings. The lowest BCUT2D eigenvalue weighted by atomic mass is 9.98. The van der Waals surface area contributed by atoms with Crippen molar-refractivity contribution >= 4 is 23.2 Å². The Balaban J connectivity index is 1.32. The lowest BCUT2D eigenvalue weighted by Gasteiger charge is -2.31. The summed E-state index contributed by atoms with van der Waals surface area (Å²) in [6, 6.07) is 3.47. The molecule has 154 valence electrons. The number of carbonyl (C=O) groups is 2. The predicted octanol–water partition coefficient (Wildman–Crippen LogP) is 2.64. The lowest BCUT2D eigenvalue weighted by molar-refractivity contribution is -0.122. The minimum atomic E-state index is 0.00409. The first kappa shape index (κ1) is 19.8. The molecule has 1 saturated heterocycles. The van der Waals surface area contributed by atoms with Crippen molar-refractivity contribution in [3.05, 3.63) is 40.0 Å². The molecule has 0 unspecified atom stereocenters. The molecule has 0 spiro atoms. The van der Waals surface area contributed by atoms with Crippen molar-refractivity contribution in [1.82, 2.24) is 20.2 Å². The molecule has 1 aliphatic carbocycles. The van der Waals surface area contributed by atoms with E-state index >= 15 is 0 Å². The predicted molar refractivity (Wildman–Crippen MR) is 110 cm³/mol. The highest BCUT2D eigenvalue weighted by Crippen LogP contribution is 2.30. The van der Waals surface area contributed by atoms with Crippen LogP contribution in [0.4, 0.5) is 0 Å². The van der Waals surface area contributed by atoms with Crippen molar-refractivity contribution in [2.45, 2.75) is 38.0 Å². The van der Waals surface area contributed by atoms with Gasteiger partial charge in [-0.25, -0.2) is 9.97 Å². The maximum atomic E-state index is 12.8. The summed E-state index contributed by atoms with van der Waals surface area (Å²) in [6.45, 7) is 2.07. The van der Waals surface area contributed by atoms with Crippen LogP contribution in [0.2, 0.25) is 0 Å². The number of ether oxygens (including phenoxy) is 1. The van der Waals surface area contributed by atoms with Crippen LogP contribution in [0.1, 0.15) is 52.7 Å². The fourth-order valence-electron chi connectivity index (χ4n) is 3.60. The van der Waals surface area contributed by atoms with Crippen LogP contribution in [0, 0.1) is 5.92 Å². The van der Waals surface area contributed by atoms with Gasteiger partial charge in [-0.2, -0.15) is 0 Å². The number of aromatic nitrogens is 2. The molecule has 1 N–H and O–H groups in total. The van der Waals surface area contributed by atoms with Gasteiger partial charge in [0.2, 0.25) is 11.8 Å². The van der Waals surface area contributed by atoms with Crippen LogP contribution in [0.3, 0.4) is 0 Å². The number of amides is 2. The Hall–Kier alpha value is -2.48. The summed E-state index contributed by atoms with van der Waals surface area (Å²) in [7, 11) is 1.56. The number of piperidine rings is 1. The summed E-state index contributed by atoms with van der Waals surface area (Å²) in [5, 5.41) is 6.15. The van der Waals surface area contributed by atoms with Crippen molar-refractivity contribution in [3.63, 3.8) is 0 Å². The third kappa shape index (κ3) is 4.93. The van der Waals surface area contributed by atoms with Gasteiger partial charge >= 0.3 is 0 Å². The molecule has 0 aromatic carbocycles. The molecular weight excluding hydrogens is 388 g/mol. The average molecular weight is 415 g/mol. The summed E-state index contributed by atoms with van der Waals surface area (Å²) in [5.74, 6) is 1.19. The van der Waals surface area contributed by atoms with E-state index in [0.29, 0.717) is 24.5 Å². The number of thiazole rings is 1. The van der Waals surface area contributed by atoms with Crippen LogP contribution in [-0.4, -0.2) is 53.4 Å². The Labute approximate surface area is 174 Å². The Morgan fingerprint density at radius 2 is 2.17 bits per heavy atom. The number of pyridine rings is 1. The topological polar surface area (TPSA) is 84.4 Å². The fourth-order valence-corrected chi connectivity index (χ4v) is 4.58. The Bertz CT molecular complexity index is 863. The largest absolute Gasteiger partial charge is 0.481 e. The first-order valence-corrected chi connectivity index (χ1v) is 11.0. The van der Waals surface area contributed by atoms with Crippen LogP contribution < -0.4 is 10.1 Å². The standard InChI is InChI=1S/C21H26N4O3S/c1-28-18-7-6-15(11-23-18)21(27)25-10-2-3-16(12-25)20-24-17(13-29-20)8-9-22-19(26)14-4-5-14/h6-7,11,13-14,16H,2-5,8-10,12H2,1H3,(H,22,26)/t16-/m1/s1. The van der Waals surface area contributed by atoms with Gasteiger partial charge in [0.05, 0.1) is 23.4 Å². The van der Waals surface area contributed by atoms with E-state index in [2.05, 4.69) is 15.7 Å². The number of nitrogens with zero attached hydrogens (tertiary/aromatic N) is 3. The quantitative estimate of drug-likeness (QED) is 0.753. The number of nitrogens with one attached hydrogen (secondary N) is 1. The molecule has 7 nitrogen and oxygen atoms in total. The number of hydrogen-bond donors (Lipinski definition) is 1. The van der Waals surface area contributed by atoms with E-state index in [-0.39, 0.29) is 23.7 Å². The zero-order chi connectivity index (χ0) is 20.2. The molecule has 1 saturated carbocycles. The smallest absolute Gasteiger partial charge is 0.255 e. The summed E-state index contributed by atoms with van der Waals surface area (Å²) < 4.78 is 5.06. The highest BCUT2D eigenvalue weighted by molar-refractivity contribution is 7.09. The third-order valence-electron chi connectivity index (χ3n) is 5.45. The van der Waals surface area contributed by atoms with Gasteiger partial charge in [-0.15, -0.1) is 11.3 Å². The van der Waals surface area contributed by atoms with Crippen molar-refractivity contribution in [2.24, 2.45) is 5.92 Å². The van der Waals surface area contributed by atoms with E-state index in [1.54, 1.807) is 36.8 Å². The van der Waals surface area contributed by atoms with E-state index in [4.69, 9.17) is 9.72 Å². The normalized spacial score (nSPS) is 19.1. The zero-order valence-electron chi connectivity index (χ0n) is 16.6. The molecule has 2 amide bonds. The highest BCUT2D eigenvalue weighted by atomic mass is 32.1. The van der Waals surface area contributed by atoms with Crippen LogP contribution in [0.25, 0.3) is 0 Å². The zero-order valence-corrected chi connectivity index (χ0v) is 17.4. The lowest BCUT2D eigenvalue weighted by Crippen LogP contribution is -2.39. The highest BCUT2D eigenvalue weighted by Gasteiger charge is 2.29. The van der Waals surface area contributed by atoms with E-state index in [9.17, 15) is 9.59 Å². The molecule has 0 radical (unpaired) electrons. The molecule has 4 rings (SSSR count). The van der Waals surface area contributed by atoms with Crippen LogP contribution in [-0.2, 0) is 11.2 Å². The number of rotatable bonds is 7. The van der Waals surface area contributed by atoms with Crippen molar-refractivity contribution in [2.75, 3.05) is 26.7 Å². The Morgan fingerprint density at radius 3 is 2.90 bits per heavy atom. The van der Waals surface area contributed by atoms with Crippen molar-refractivity contribution in [1.29, 1.82) is 0 Å². The van der Waals surface area contributed by atoms with E-state index in [1.165, 1.54) is 0 Å². The molecular formula is C21H26N4O3S. The summed E-state index contributed by atoms with van der Waals surface area (Å²) in [6.07, 6.45) is 6.37. The molecule has 8 heteroatoms. The molecule has 0 bridgehead atoms. The van der Waals surface area contributed by atoms with Crippen molar-refractivity contribution in [3.8, 4) is 5.88 Å². The van der Waals surface area contributed by atoms with Crippen molar-refractivity contribution < 1.29 is 14.3 Å². The molecule has 1 aliphatic heterocycles. The molecule has 29 heavy (non-hydrogen) atoms. The van der Waals surface area contributed by atoms with Crippen LogP contribution in [0.15, 0.2) is 23.7 Å². The van der Waals surface area contributed by atoms with Crippen LogP contribution >= 0.6 is 11.3 Å². The van der Waals surface area contributed by atoms with E-state index < -0.39 is 0 Å². The maximum Gasteiger partial charge on any atom is 0.255 e. The summed E-state index contributed by atoms with van der Waals surface area (Å²) >= 11 is 1.66. The second kappa shape index (κ2) is 8.90. The number of methoxy groups -OCH3 is 1. The molecule has 2 aromatic rings. The van der Waals surface area contributed by atoms with Gasteiger partial charge in [-0.1, -0.05) is 0 Å². The molecule has 2 aromatic heterocycles. The maximum absolute atomic E-state index is 12.8. The SMILES string of the molecule is COc1ccc(C(=O)N2CCC[C@@H](c3nc(CCNC(=O)C4CC4)cs3)C2)cn1. The first-order chi connectivity index (χ1) is 14.1. The minimum absolute atomic E-state index is 0.00409. The van der Waals surface area contributed by atoms with Gasteiger partial charge in [0.25, 0.3) is 5.91 Å². The number of carbonyl (C=O) groups excluding carboxylic acids is 2. The summed E-state index contributed by atoms with van der Waals surface area (Å²) in [4.78, 5) is 35.4. The van der Waals surface area contributed by atoms with Crippen LogP contribution in [0.5, 0.6) is 5.88 Å². The number of likely N-dealkylation sites (tertiary alicyclic amines) is 1. The average Bonchev–Trinajstić information content (AvgIpc) is 3.52. The van der Waals surface area contributed by atoms with Gasteiger partial charge in [-0.3, -0.25) is 9.59 Å².